The Bertz CT molecular complexity index is 361. The molecule has 2 rings (SSSR count). The Kier molecular flexibility index (Phi) is 3.36. The molecule has 0 aromatic rings. The van der Waals surface area contributed by atoms with Crippen LogP contribution in [-0.4, -0.2) is 40.5 Å². The van der Waals surface area contributed by atoms with Gasteiger partial charge in [-0.2, -0.15) is 0 Å². The topological polar surface area (TPSA) is 83.6 Å². The van der Waals surface area contributed by atoms with Crippen molar-refractivity contribution in [3.8, 4) is 0 Å². The van der Waals surface area contributed by atoms with Crippen LogP contribution in [0.2, 0.25) is 0 Å². The third-order valence-corrected chi connectivity index (χ3v) is 4.26. The molecule has 1 atom stereocenters. The minimum absolute atomic E-state index is 0.0519. The maximum Gasteiger partial charge on any atom is 0.311 e. The molecule has 0 aromatic carbocycles. The molecular formula is C13H22N2O3. The van der Waals surface area contributed by atoms with E-state index in [-0.39, 0.29) is 5.91 Å². The molecule has 1 saturated heterocycles. The van der Waals surface area contributed by atoms with E-state index in [0.29, 0.717) is 25.9 Å². The highest BCUT2D eigenvalue weighted by Crippen LogP contribution is 2.39. The number of carbonyl (C=O) groups excluding carboxylic acids is 1. The lowest BCUT2D eigenvalue weighted by atomic mass is 9.76. The third-order valence-electron chi connectivity index (χ3n) is 4.26. The second-order valence-corrected chi connectivity index (χ2v) is 5.82. The monoisotopic (exact) mass is 254 g/mol. The first kappa shape index (κ1) is 13.3. The Balaban J connectivity index is 2.11. The van der Waals surface area contributed by atoms with E-state index < -0.39 is 16.9 Å². The Morgan fingerprint density at radius 2 is 2.00 bits per heavy atom. The van der Waals surface area contributed by atoms with E-state index in [1.165, 1.54) is 0 Å². The summed E-state index contributed by atoms with van der Waals surface area (Å²) < 4.78 is 0. The van der Waals surface area contributed by atoms with Gasteiger partial charge in [-0.15, -0.1) is 0 Å². The Morgan fingerprint density at radius 3 is 2.50 bits per heavy atom. The number of carbonyl (C=O) groups is 2. The van der Waals surface area contributed by atoms with Crippen LogP contribution in [0.3, 0.4) is 0 Å². The van der Waals surface area contributed by atoms with E-state index in [9.17, 15) is 14.7 Å². The summed E-state index contributed by atoms with van der Waals surface area (Å²) in [6.45, 7) is 2.96. The summed E-state index contributed by atoms with van der Waals surface area (Å²) in [6, 6.07) is 0. The predicted molar refractivity (Wildman–Crippen MR) is 66.9 cm³/mol. The highest BCUT2D eigenvalue weighted by Gasteiger charge is 2.51. The molecule has 1 amide bonds. The number of carboxylic acid groups (broad SMARTS) is 1. The van der Waals surface area contributed by atoms with Gasteiger partial charge in [0, 0.05) is 13.1 Å². The fraction of sp³-hybridized carbons (Fsp3) is 0.846. The zero-order chi connectivity index (χ0) is 13.4. The van der Waals surface area contributed by atoms with Crippen molar-refractivity contribution in [2.24, 2.45) is 11.1 Å². The molecule has 1 saturated carbocycles. The van der Waals surface area contributed by atoms with Crippen LogP contribution in [0.15, 0.2) is 0 Å². The Hall–Kier alpha value is -1.10. The maximum atomic E-state index is 12.2. The normalized spacial score (nSPS) is 30.0. The van der Waals surface area contributed by atoms with E-state index in [4.69, 9.17) is 5.73 Å². The van der Waals surface area contributed by atoms with E-state index in [1.807, 2.05) is 6.92 Å². The molecule has 18 heavy (non-hydrogen) atoms. The summed E-state index contributed by atoms with van der Waals surface area (Å²) in [6.07, 6.45) is 4.34. The van der Waals surface area contributed by atoms with Gasteiger partial charge in [-0.1, -0.05) is 13.3 Å². The van der Waals surface area contributed by atoms with Crippen molar-refractivity contribution in [1.82, 2.24) is 4.90 Å². The number of nitrogens with two attached hydrogens (primary N) is 1. The first-order chi connectivity index (χ1) is 8.43. The second kappa shape index (κ2) is 4.53. The standard InChI is InChI=1S/C13H22N2O3/c1-2-4-12(11(17)18)5-3-8-15(9-12)10(16)13(14)6-7-13/h2-9,14H2,1H3,(H,17,18). The van der Waals surface area contributed by atoms with Crippen LogP contribution in [0.5, 0.6) is 0 Å². The molecule has 0 radical (unpaired) electrons. The minimum Gasteiger partial charge on any atom is -0.481 e. The number of amides is 1. The number of likely N-dealkylation sites (tertiary alicyclic amines) is 1. The quantitative estimate of drug-likeness (QED) is 0.783. The molecule has 3 N–H and O–H groups in total. The SMILES string of the molecule is CCCC1(C(=O)O)CCCN(C(=O)C2(N)CC2)C1. The number of aliphatic carboxylic acids is 1. The molecule has 1 unspecified atom stereocenters. The number of nitrogens with zero attached hydrogens (tertiary/aromatic N) is 1. The van der Waals surface area contributed by atoms with Gasteiger partial charge >= 0.3 is 5.97 Å². The lowest BCUT2D eigenvalue weighted by Crippen LogP contribution is -2.54. The number of piperidine rings is 1. The largest absolute Gasteiger partial charge is 0.481 e. The first-order valence-electron chi connectivity index (χ1n) is 6.75. The summed E-state index contributed by atoms with van der Waals surface area (Å²) in [5.74, 6) is -0.826. The lowest BCUT2D eigenvalue weighted by molar-refractivity contribution is -0.156. The number of hydrogen-bond acceptors (Lipinski definition) is 3. The molecule has 1 aliphatic heterocycles. The number of rotatable bonds is 4. The van der Waals surface area contributed by atoms with Crippen molar-refractivity contribution in [2.45, 2.75) is 51.0 Å². The first-order valence-corrected chi connectivity index (χ1v) is 6.75. The van der Waals surface area contributed by atoms with Crippen LogP contribution in [0.1, 0.15) is 45.4 Å². The molecule has 1 aliphatic carbocycles. The van der Waals surface area contributed by atoms with E-state index in [1.54, 1.807) is 4.90 Å². The fourth-order valence-corrected chi connectivity index (χ4v) is 2.93. The van der Waals surface area contributed by atoms with Gasteiger partial charge in [0.05, 0.1) is 11.0 Å². The van der Waals surface area contributed by atoms with Crippen LogP contribution in [-0.2, 0) is 9.59 Å². The van der Waals surface area contributed by atoms with E-state index >= 15 is 0 Å². The molecule has 102 valence electrons. The van der Waals surface area contributed by atoms with Crippen LogP contribution in [0.25, 0.3) is 0 Å². The number of carboxylic acids is 1. The van der Waals surface area contributed by atoms with Gasteiger partial charge in [0.25, 0.3) is 0 Å². The van der Waals surface area contributed by atoms with E-state index in [0.717, 1.165) is 25.7 Å². The molecule has 0 aromatic heterocycles. The van der Waals surface area contributed by atoms with Crippen LogP contribution in [0.4, 0.5) is 0 Å². The van der Waals surface area contributed by atoms with Crippen molar-refractivity contribution in [3.05, 3.63) is 0 Å². The van der Waals surface area contributed by atoms with Gasteiger partial charge in [-0.25, -0.2) is 0 Å². The fourth-order valence-electron chi connectivity index (χ4n) is 2.93. The van der Waals surface area contributed by atoms with E-state index in [2.05, 4.69) is 0 Å². The minimum atomic E-state index is -0.774. The number of hydrogen-bond donors (Lipinski definition) is 2. The van der Waals surface area contributed by atoms with Gasteiger partial charge in [-0.05, 0) is 32.1 Å². The highest BCUT2D eigenvalue weighted by molar-refractivity contribution is 5.89. The molecule has 1 heterocycles. The molecule has 5 nitrogen and oxygen atoms in total. The van der Waals surface area contributed by atoms with Crippen LogP contribution < -0.4 is 5.73 Å². The Morgan fingerprint density at radius 1 is 1.33 bits per heavy atom. The lowest BCUT2D eigenvalue weighted by Gasteiger charge is -2.40. The van der Waals surface area contributed by atoms with Crippen molar-refractivity contribution >= 4 is 11.9 Å². The predicted octanol–water partition coefficient (Wildman–Crippen LogP) is 0.971. The molecule has 5 heteroatoms. The second-order valence-electron chi connectivity index (χ2n) is 5.82. The summed E-state index contributed by atoms with van der Waals surface area (Å²) in [7, 11) is 0. The van der Waals surface area contributed by atoms with Gasteiger partial charge in [-0.3, -0.25) is 9.59 Å². The van der Waals surface area contributed by atoms with Crippen molar-refractivity contribution in [1.29, 1.82) is 0 Å². The summed E-state index contributed by atoms with van der Waals surface area (Å²) in [4.78, 5) is 25.4. The highest BCUT2D eigenvalue weighted by atomic mass is 16.4. The zero-order valence-corrected chi connectivity index (χ0v) is 10.9. The molecular weight excluding hydrogens is 232 g/mol. The van der Waals surface area contributed by atoms with Gasteiger partial charge in [0.2, 0.25) is 5.91 Å². The van der Waals surface area contributed by atoms with Crippen molar-refractivity contribution in [3.63, 3.8) is 0 Å². The summed E-state index contributed by atoms with van der Waals surface area (Å²) in [5.41, 5.74) is 4.48. The molecule has 2 aliphatic rings. The van der Waals surface area contributed by atoms with Gasteiger partial charge in [0.1, 0.15) is 0 Å². The summed E-state index contributed by atoms with van der Waals surface area (Å²) in [5, 5.41) is 9.47. The average Bonchev–Trinajstić information content (AvgIpc) is 3.08. The van der Waals surface area contributed by atoms with Crippen molar-refractivity contribution < 1.29 is 14.7 Å². The Labute approximate surface area is 107 Å². The van der Waals surface area contributed by atoms with Crippen LogP contribution >= 0.6 is 0 Å². The maximum absolute atomic E-state index is 12.2. The molecule has 2 fully saturated rings. The van der Waals surface area contributed by atoms with Gasteiger partial charge < -0.3 is 15.7 Å². The summed E-state index contributed by atoms with van der Waals surface area (Å²) >= 11 is 0. The third kappa shape index (κ3) is 2.23. The molecule has 0 spiro atoms. The van der Waals surface area contributed by atoms with Crippen molar-refractivity contribution in [2.75, 3.05) is 13.1 Å². The zero-order valence-electron chi connectivity index (χ0n) is 10.9. The van der Waals surface area contributed by atoms with Gasteiger partial charge in [0.15, 0.2) is 0 Å². The average molecular weight is 254 g/mol. The van der Waals surface area contributed by atoms with Crippen LogP contribution in [0, 0.1) is 5.41 Å². The smallest absolute Gasteiger partial charge is 0.311 e. The molecule has 0 bridgehead atoms.